The van der Waals surface area contributed by atoms with Gasteiger partial charge in [-0.2, -0.15) is 0 Å². The number of hydrogen-bond donors (Lipinski definition) is 0. The molecule has 1 aromatic carbocycles. The molecule has 0 saturated heterocycles. The molecule has 0 spiro atoms. The van der Waals surface area contributed by atoms with Gasteiger partial charge < -0.3 is 9.05 Å². The van der Waals surface area contributed by atoms with Gasteiger partial charge in [0.1, 0.15) is 0 Å². The lowest BCUT2D eigenvalue weighted by Gasteiger charge is -2.21. The van der Waals surface area contributed by atoms with Crippen molar-refractivity contribution in [3.63, 3.8) is 0 Å². The van der Waals surface area contributed by atoms with Gasteiger partial charge in [-0.1, -0.05) is 64.3 Å². The maximum atomic E-state index is 13.5. The number of carbonyl (C=O) groups excluding carboxylic acids is 1. The zero-order valence-corrected chi connectivity index (χ0v) is 16.6. The summed E-state index contributed by atoms with van der Waals surface area (Å²) < 4.78 is 24.9. The van der Waals surface area contributed by atoms with Crippen molar-refractivity contribution in [2.75, 3.05) is 13.2 Å². The van der Waals surface area contributed by atoms with Gasteiger partial charge in [0.2, 0.25) is 0 Å². The summed E-state index contributed by atoms with van der Waals surface area (Å²) in [4.78, 5) is 12.4. The molecule has 0 bridgehead atoms. The molecular formula is C20H31O4P. The predicted octanol–water partition coefficient (Wildman–Crippen LogP) is 5.68. The Morgan fingerprint density at radius 3 is 2.00 bits per heavy atom. The van der Waals surface area contributed by atoms with Crippen LogP contribution in [0.3, 0.4) is 0 Å². The van der Waals surface area contributed by atoms with Crippen LogP contribution in [-0.2, 0) is 13.6 Å². The highest BCUT2D eigenvalue weighted by molar-refractivity contribution is 7.62. The van der Waals surface area contributed by atoms with Crippen LogP contribution in [0, 0.1) is 0 Å². The first-order valence-corrected chi connectivity index (χ1v) is 10.7. The number of ketones is 1. The van der Waals surface area contributed by atoms with E-state index in [9.17, 15) is 9.36 Å². The Bertz CT molecular complexity index is 593. The van der Waals surface area contributed by atoms with Crippen molar-refractivity contribution >= 4 is 18.7 Å². The van der Waals surface area contributed by atoms with Crippen LogP contribution in [0.4, 0.5) is 0 Å². The number of allylic oxidation sites excluding steroid dienone is 1. The second-order valence-corrected chi connectivity index (χ2v) is 8.20. The van der Waals surface area contributed by atoms with Crippen LogP contribution in [0.25, 0.3) is 0 Å². The van der Waals surface area contributed by atoms with Gasteiger partial charge in [-0.05, 0) is 31.4 Å². The number of carbonyl (C=O) groups is 1. The van der Waals surface area contributed by atoms with Crippen LogP contribution in [0.5, 0.6) is 0 Å². The van der Waals surface area contributed by atoms with Crippen LogP contribution in [0.2, 0.25) is 0 Å². The number of hydrogen-bond acceptors (Lipinski definition) is 4. The first-order valence-electron chi connectivity index (χ1n) is 9.15. The zero-order valence-electron chi connectivity index (χ0n) is 15.8. The van der Waals surface area contributed by atoms with E-state index in [4.69, 9.17) is 9.05 Å². The first-order chi connectivity index (χ1) is 12.0. The third kappa shape index (κ3) is 6.89. The minimum absolute atomic E-state index is 0.231. The van der Waals surface area contributed by atoms with E-state index >= 15 is 0 Å². The van der Waals surface area contributed by atoms with Gasteiger partial charge in [-0.15, -0.1) is 0 Å². The molecule has 0 unspecified atom stereocenters. The SMILES string of the molecule is C=C(C)C(=O)c1ccccc1P(=O)(OCCCCC)OCCCCC. The quantitative estimate of drug-likeness (QED) is 0.195. The Morgan fingerprint density at radius 2 is 1.52 bits per heavy atom. The van der Waals surface area contributed by atoms with E-state index in [2.05, 4.69) is 20.4 Å². The number of unbranched alkanes of at least 4 members (excludes halogenated alkanes) is 4. The molecule has 0 atom stereocenters. The molecule has 25 heavy (non-hydrogen) atoms. The average molecular weight is 366 g/mol. The maximum Gasteiger partial charge on any atom is 0.362 e. The summed E-state index contributed by atoms with van der Waals surface area (Å²) in [6, 6.07) is 6.82. The van der Waals surface area contributed by atoms with Gasteiger partial charge in [-0.3, -0.25) is 9.36 Å². The summed E-state index contributed by atoms with van der Waals surface area (Å²) in [5.74, 6) is -0.231. The largest absolute Gasteiger partial charge is 0.362 e. The number of benzene rings is 1. The van der Waals surface area contributed by atoms with Crippen molar-refractivity contribution in [1.82, 2.24) is 0 Å². The Balaban J connectivity index is 3.07. The van der Waals surface area contributed by atoms with Crippen molar-refractivity contribution in [1.29, 1.82) is 0 Å². The Morgan fingerprint density at radius 1 is 1.00 bits per heavy atom. The van der Waals surface area contributed by atoms with Crippen molar-refractivity contribution in [2.45, 2.75) is 59.3 Å². The maximum absolute atomic E-state index is 13.5. The van der Waals surface area contributed by atoms with E-state index in [0.717, 1.165) is 38.5 Å². The fourth-order valence-electron chi connectivity index (χ4n) is 2.38. The Labute approximate surface area is 152 Å². The minimum Gasteiger partial charge on any atom is -0.305 e. The van der Waals surface area contributed by atoms with Crippen LogP contribution < -0.4 is 5.30 Å². The molecular weight excluding hydrogens is 335 g/mol. The highest BCUT2D eigenvalue weighted by atomic mass is 31.2. The van der Waals surface area contributed by atoms with E-state index in [0.29, 0.717) is 29.7 Å². The third-order valence-corrected chi connectivity index (χ3v) is 5.87. The molecule has 140 valence electrons. The van der Waals surface area contributed by atoms with E-state index in [-0.39, 0.29) is 5.78 Å². The molecule has 0 radical (unpaired) electrons. The summed E-state index contributed by atoms with van der Waals surface area (Å²) >= 11 is 0. The number of Topliss-reactive ketones (excluding diaryl/α,β-unsaturated/α-hetero) is 1. The summed E-state index contributed by atoms with van der Waals surface area (Å²) in [5, 5.41) is 0.344. The summed E-state index contributed by atoms with van der Waals surface area (Å²) in [6.45, 7) is 10.3. The van der Waals surface area contributed by atoms with Crippen molar-refractivity contribution in [3.05, 3.63) is 42.0 Å². The fourth-order valence-corrected chi connectivity index (χ4v) is 4.22. The van der Waals surface area contributed by atoms with E-state index < -0.39 is 7.60 Å². The topological polar surface area (TPSA) is 52.6 Å². The smallest absolute Gasteiger partial charge is 0.305 e. The van der Waals surface area contributed by atoms with Gasteiger partial charge >= 0.3 is 7.60 Å². The summed E-state index contributed by atoms with van der Waals surface area (Å²) in [6.07, 6.45) is 5.74. The summed E-state index contributed by atoms with van der Waals surface area (Å²) in [7, 11) is -3.55. The molecule has 0 aliphatic heterocycles. The molecule has 4 nitrogen and oxygen atoms in total. The van der Waals surface area contributed by atoms with Crippen LogP contribution in [0.1, 0.15) is 69.7 Å². The molecule has 0 saturated carbocycles. The fraction of sp³-hybridized carbons (Fsp3) is 0.550. The molecule has 0 aliphatic carbocycles. The Kier molecular flexibility index (Phi) is 9.96. The third-order valence-electron chi connectivity index (χ3n) is 3.85. The number of rotatable bonds is 13. The van der Waals surface area contributed by atoms with E-state index in [1.807, 2.05) is 0 Å². The van der Waals surface area contributed by atoms with E-state index in [1.54, 1.807) is 31.2 Å². The molecule has 0 aromatic heterocycles. The van der Waals surface area contributed by atoms with Gasteiger partial charge in [0.05, 0.1) is 18.5 Å². The van der Waals surface area contributed by atoms with E-state index in [1.165, 1.54) is 0 Å². The monoisotopic (exact) mass is 366 g/mol. The molecule has 0 amide bonds. The van der Waals surface area contributed by atoms with Gasteiger partial charge in [0, 0.05) is 5.56 Å². The highest BCUT2D eigenvalue weighted by Gasteiger charge is 2.32. The van der Waals surface area contributed by atoms with Crippen molar-refractivity contribution in [2.24, 2.45) is 0 Å². The predicted molar refractivity (Wildman–Crippen MR) is 104 cm³/mol. The normalized spacial score (nSPS) is 11.5. The van der Waals surface area contributed by atoms with Gasteiger partial charge in [-0.25, -0.2) is 0 Å². The second kappa shape index (κ2) is 11.4. The molecule has 0 aliphatic rings. The summed E-state index contributed by atoms with van der Waals surface area (Å²) in [5.41, 5.74) is 0.750. The molecule has 1 aromatic rings. The zero-order chi connectivity index (χ0) is 18.7. The minimum atomic E-state index is -3.55. The lowest BCUT2D eigenvalue weighted by atomic mass is 10.1. The van der Waals surface area contributed by atoms with Crippen LogP contribution >= 0.6 is 7.60 Å². The van der Waals surface area contributed by atoms with Crippen molar-refractivity contribution in [3.8, 4) is 0 Å². The van der Waals surface area contributed by atoms with Gasteiger partial charge in [0.25, 0.3) is 0 Å². The highest BCUT2D eigenvalue weighted by Crippen LogP contribution is 2.48. The van der Waals surface area contributed by atoms with Gasteiger partial charge in [0.15, 0.2) is 5.78 Å². The molecule has 0 heterocycles. The average Bonchev–Trinajstić information content (AvgIpc) is 2.62. The lowest BCUT2D eigenvalue weighted by Crippen LogP contribution is -2.20. The Hall–Kier alpha value is -1.22. The van der Waals surface area contributed by atoms with Crippen molar-refractivity contribution < 1.29 is 18.4 Å². The van der Waals surface area contributed by atoms with Crippen LogP contribution in [0.15, 0.2) is 36.4 Å². The molecule has 5 heteroatoms. The first kappa shape index (κ1) is 21.8. The second-order valence-electron chi connectivity index (χ2n) is 6.20. The molecule has 1 rings (SSSR count). The standard InChI is InChI=1S/C20H31O4P/c1-5-7-11-15-23-25(22,24-16-12-8-6-2)19-14-10-9-13-18(19)20(21)17(3)4/h9-10,13-14H,3,5-8,11-12,15-16H2,1-2,4H3. The molecule has 0 N–H and O–H groups in total. The molecule has 0 fully saturated rings. The lowest BCUT2D eigenvalue weighted by molar-refractivity contribution is 0.103. The van der Waals surface area contributed by atoms with Crippen LogP contribution in [-0.4, -0.2) is 19.0 Å².